The largest absolute Gasteiger partial charge is 2.00 e. The molecule has 0 atom stereocenters. The van der Waals surface area contributed by atoms with E-state index in [2.05, 4.69) is 0 Å². The summed E-state index contributed by atoms with van der Waals surface area (Å²) in [5.41, 5.74) is 0.604. The van der Waals surface area contributed by atoms with E-state index in [0.29, 0.717) is 5.56 Å². The van der Waals surface area contributed by atoms with E-state index in [9.17, 15) is 9.59 Å². The molecule has 0 aliphatic rings. The van der Waals surface area contributed by atoms with Crippen LogP contribution in [0.4, 0.5) is 0 Å². The van der Waals surface area contributed by atoms with Crippen molar-refractivity contribution in [3.05, 3.63) is 35.9 Å². The summed E-state index contributed by atoms with van der Waals surface area (Å²) in [5, 5.41) is 0. The van der Waals surface area contributed by atoms with E-state index in [-0.39, 0.29) is 37.5 Å². The smallest absolute Gasteiger partial charge is 0.300 e. The van der Waals surface area contributed by atoms with Crippen molar-refractivity contribution in [2.24, 2.45) is 0 Å². The predicted molar refractivity (Wildman–Crippen MR) is 46.1 cm³/mol. The molecular weight excluding hydrogens is 217 g/mol. The van der Waals surface area contributed by atoms with Crippen LogP contribution in [-0.2, 0) is 24.3 Å². The molecule has 0 aliphatic heterocycles. The van der Waals surface area contributed by atoms with Gasteiger partial charge in [0.1, 0.15) is 5.78 Å². The van der Waals surface area contributed by atoms with E-state index in [1.165, 1.54) is 6.92 Å². The first-order chi connectivity index (χ1) is 5.70. The minimum absolute atomic E-state index is 0. The summed E-state index contributed by atoms with van der Waals surface area (Å²) in [6, 6.07) is 8.84. The average molecular weight is 228 g/mol. The molecule has 0 saturated heterocycles. The molecule has 0 radical (unpaired) electrons. The van der Waals surface area contributed by atoms with Gasteiger partial charge in [-0.05, 0) is 6.92 Å². The van der Waals surface area contributed by atoms with Crippen LogP contribution in [0.2, 0.25) is 0 Å². The number of hydrogen-bond acceptors (Lipinski definition) is 2. The van der Waals surface area contributed by atoms with Crippen molar-refractivity contribution in [3.8, 4) is 0 Å². The van der Waals surface area contributed by atoms with Gasteiger partial charge in [0.15, 0.2) is 5.78 Å². The zero-order chi connectivity index (χ0) is 8.97. The molecular formula is C10H10O2Zn+2. The summed E-state index contributed by atoms with van der Waals surface area (Å²) in [5.74, 6) is -0.202. The summed E-state index contributed by atoms with van der Waals surface area (Å²) < 4.78 is 0. The number of rotatable bonds is 3. The summed E-state index contributed by atoms with van der Waals surface area (Å²) in [4.78, 5) is 21.8. The number of carbonyl (C=O) groups is 2. The van der Waals surface area contributed by atoms with Crippen LogP contribution in [0.5, 0.6) is 0 Å². The monoisotopic (exact) mass is 226 g/mol. The summed E-state index contributed by atoms with van der Waals surface area (Å²) in [7, 11) is 0. The zero-order valence-corrected chi connectivity index (χ0v) is 10.6. The Kier molecular flexibility index (Phi) is 5.40. The van der Waals surface area contributed by atoms with Gasteiger partial charge in [0, 0.05) is 5.56 Å². The van der Waals surface area contributed by atoms with Crippen LogP contribution in [0.15, 0.2) is 30.3 Å². The third-order valence-electron chi connectivity index (χ3n) is 1.51. The van der Waals surface area contributed by atoms with E-state index < -0.39 is 0 Å². The average Bonchev–Trinajstić information content (AvgIpc) is 2.05. The number of ketones is 2. The van der Waals surface area contributed by atoms with Gasteiger partial charge in [-0.2, -0.15) is 0 Å². The summed E-state index contributed by atoms with van der Waals surface area (Å²) >= 11 is 0. The predicted octanol–water partition coefficient (Wildman–Crippen LogP) is 1.85. The van der Waals surface area contributed by atoms with E-state index in [4.69, 9.17) is 0 Å². The molecule has 1 aromatic rings. The van der Waals surface area contributed by atoms with Crippen molar-refractivity contribution in [1.82, 2.24) is 0 Å². The maximum Gasteiger partial charge on any atom is 2.00 e. The van der Waals surface area contributed by atoms with Gasteiger partial charge in [-0.25, -0.2) is 0 Å². The van der Waals surface area contributed by atoms with Gasteiger partial charge < -0.3 is 0 Å². The maximum atomic E-state index is 11.2. The van der Waals surface area contributed by atoms with Gasteiger partial charge in [-0.15, -0.1) is 0 Å². The molecule has 0 heterocycles. The molecule has 1 rings (SSSR count). The molecule has 3 heteroatoms. The Balaban J connectivity index is 0.00000144. The molecule has 62 valence electrons. The molecule has 0 aromatic heterocycles. The summed E-state index contributed by atoms with van der Waals surface area (Å²) in [6.45, 7) is 1.42. The molecule has 2 nitrogen and oxygen atoms in total. The maximum absolute atomic E-state index is 11.2. The first-order valence-corrected chi connectivity index (χ1v) is 3.78. The Hall–Kier alpha value is -0.817. The Morgan fingerprint density at radius 1 is 1.15 bits per heavy atom. The third-order valence-corrected chi connectivity index (χ3v) is 1.51. The van der Waals surface area contributed by atoms with Crippen molar-refractivity contribution >= 4 is 11.6 Å². The van der Waals surface area contributed by atoms with Gasteiger partial charge in [-0.1, -0.05) is 30.3 Å². The normalized spacial score (nSPS) is 8.69. The molecule has 0 unspecified atom stereocenters. The molecule has 0 amide bonds. The van der Waals surface area contributed by atoms with Crippen LogP contribution in [0.1, 0.15) is 23.7 Å². The first kappa shape index (κ1) is 12.2. The number of hydrogen-bond donors (Lipinski definition) is 0. The van der Waals surface area contributed by atoms with Gasteiger partial charge in [0.2, 0.25) is 0 Å². The van der Waals surface area contributed by atoms with Crippen LogP contribution in [0, 0.1) is 0 Å². The minimum Gasteiger partial charge on any atom is -0.300 e. The van der Waals surface area contributed by atoms with E-state index >= 15 is 0 Å². The van der Waals surface area contributed by atoms with Crippen LogP contribution >= 0.6 is 0 Å². The second-order valence-electron chi connectivity index (χ2n) is 2.67. The molecule has 0 N–H and O–H groups in total. The van der Waals surface area contributed by atoms with E-state index in [0.717, 1.165) is 0 Å². The van der Waals surface area contributed by atoms with Crippen LogP contribution in [-0.4, -0.2) is 11.6 Å². The Labute approximate surface area is 90.1 Å². The molecule has 0 fully saturated rings. The van der Waals surface area contributed by atoms with Gasteiger partial charge in [-0.3, -0.25) is 9.59 Å². The molecule has 13 heavy (non-hydrogen) atoms. The second-order valence-corrected chi connectivity index (χ2v) is 2.67. The Bertz CT molecular complexity index is 293. The quantitative estimate of drug-likeness (QED) is 0.449. The summed E-state index contributed by atoms with van der Waals surface area (Å²) in [6.07, 6.45) is 0.00398. The molecule has 1 aromatic carbocycles. The van der Waals surface area contributed by atoms with Crippen molar-refractivity contribution in [1.29, 1.82) is 0 Å². The Morgan fingerprint density at radius 3 is 2.15 bits per heavy atom. The van der Waals surface area contributed by atoms with Crippen LogP contribution in [0.3, 0.4) is 0 Å². The van der Waals surface area contributed by atoms with Crippen molar-refractivity contribution in [2.45, 2.75) is 13.3 Å². The van der Waals surface area contributed by atoms with Gasteiger partial charge in [0.05, 0.1) is 6.42 Å². The third kappa shape index (κ3) is 4.09. The SMILES string of the molecule is CC(=O)CC(=O)c1ccccc1.[Zn+2]. The van der Waals surface area contributed by atoms with Gasteiger partial charge >= 0.3 is 19.5 Å². The van der Waals surface area contributed by atoms with Crippen molar-refractivity contribution in [2.75, 3.05) is 0 Å². The van der Waals surface area contributed by atoms with E-state index in [1.54, 1.807) is 24.3 Å². The fourth-order valence-electron chi connectivity index (χ4n) is 0.952. The second kappa shape index (κ2) is 5.76. The molecule has 0 spiro atoms. The minimum atomic E-state index is -0.108. The van der Waals surface area contributed by atoms with Crippen molar-refractivity contribution in [3.63, 3.8) is 0 Å². The molecule has 0 aliphatic carbocycles. The fraction of sp³-hybridized carbons (Fsp3) is 0.200. The van der Waals surface area contributed by atoms with Crippen LogP contribution in [0.25, 0.3) is 0 Å². The molecule has 0 bridgehead atoms. The van der Waals surface area contributed by atoms with Gasteiger partial charge in [0.25, 0.3) is 0 Å². The van der Waals surface area contributed by atoms with Crippen LogP contribution < -0.4 is 0 Å². The Morgan fingerprint density at radius 2 is 1.69 bits per heavy atom. The topological polar surface area (TPSA) is 34.1 Å². The fourth-order valence-corrected chi connectivity index (χ4v) is 0.952. The number of benzene rings is 1. The van der Waals surface area contributed by atoms with Crippen molar-refractivity contribution < 1.29 is 29.1 Å². The molecule has 0 saturated carbocycles. The number of carbonyl (C=O) groups excluding carboxylic acids is 2. The standard InChI is InChI=1S/C10H10O2.Zn/c1-8(11)7-10(12)9-5-3-2-4-6-9;/h2-6H,7H2,1H3;/q;+2. The zero-order valence-electron chi connectivity index (χ0n) is 7.62. The first-order valence-electron chi connectivity index (χ1n) is 3.78. The number of Topliss-reactive ketones (excluding diaryl/α,β-unsaturated/α-hetero) is 2. The van der Waals surface area contributed by atoms with E-state index in [1.807, 2.05) is 6.07 Å².